The molecule has 1 amide bonds. The molecule has 9 nitrogen and oxygen atoms in total. The van der Waals surface area contributed by atoms with Crippen LogP contribution in [-0.2, 0) is 11.2 Å². The first-order valence-electron chi connectivity index (χ1n) is 12.9. The Bertz CT molecular complexity index is 1690. The second-order valence-corrected chi connectivity index (χ2v) is 9.79. The molecule has 5 aromatic rings. The van der Waals surface area contributed by atoms with Crippen LogP contribution in [0.3, 0.4) is 0 Å². The number of pyridine rings is 1. The zero-order chi connectivity index (χ0) is 28.2. The fraction of sp³-hybridized carbons (Fsp3) is 0.161. The van der Waals surface area contributed by atoms with Crippen molar-refractivity contribution in [3.05, 3.63) is 120 Å². The molecular weight excluding hydrogens is 504 g/mol. The van der Waals surface area contributed by atoms with E-state index < -0.39 is 11.9 Å². The molecule has 1 unspecified atom stereocenters. The van der Waals surface area contributed by atoms with E-state index in [0.717, 1.165) is 5.56 Å². The van der Waals surface area contributed by atoms with E-state index in [4.69, 9.17) is 5.73 Å². The Labute approximate surface area is 231 Å². The number of nitrogens with one attached hydrogen (secondary N) is 1. The van der Waals surface area contributed by atoms with Crippen molar-refractivity contribution in [2.75, 3.05) is 5.32 Å². The average Bonchev–Trinajstić information content (AvgIpc) is 3.37. The van der Waals surface area contributed by atoms with Crippen LogP contribution in [-0.4, -0.2) is 43.0 Å². The Morgan fingerprint density at radius 3 is 2.33 bits per heavy atom. The maximum absolute atomic E-state index is 13.4. The summed E-state index contributed by atoms with van der Waals surface area (Å²) < 4.78 is 1.92. The number of rotatable bonds is 9. The molecule has 200 valence electrons. The molecule has 1 atom stereocenters. The maximum Gasteiger partial charge on any atom is 0.241 e. The van der Waals surface area contributed by atoms with Gasteiger partial charge in [-0.15, -0.1) is 0 Å². The summed E-state index contributed by atoms with van der Waals surface area (Å²) in [4.78, 5) is 51.5. The molecule has 3 heterocycles. The molecule has 9 heteroatoms. The summed E-state index contributed by atoms with van der Waals surface area (Å²) in [5, 5.41) is 3.41. The lowest BCUT2D eigenvalue weighted by atomic mass is 9.99. The summed E-state index contributed by atoms with van der Waals surface area (Å²) in [5.74, 6) is -0.740. The van der Waals surface area contributed by atoms with Crippen LogP contribution >= 0.6 is 0 Å². The fourth-order valence-corrected chi connectivity index (χ4v) is 4.48. The smallest absolute Gasteiger partial charge is 0.241 e. The molecule has 5 rings (SSSR count). The molecule has 2 aromatic carbocycles. The molecule has 0 bridgehead atoms. The predicted octanol–water partition coefficient (Wildman–Crippen LogP) is 4.38. The third kappa shape index (κ3) is 5.55. The number of nitrogens with zero attached hydrogens (tertiary/aromatic N) is 4. The molecule has 0 saturated heterocycles. The summed E-state index contributed by atoms with van der Waals surface area (Å²) in [6, 6.07) is 16.9. The van der Waals surface area contributed by atoms with E-state index in [1.54, 1.807) is 54.9 Å². The summed E-state index contributed by atoms with van der Waals surface area (Å²) in [7, 11) is 0. The van der Waals surface area contributed by atoms with Gasteiger partial charge >= 0.3 is 0 Å². The number of carbonyl (C=O) groups excluding carboxylic acids is 3. The van der Waals surface area contributed by atoms with Crippen molar-refractivity contribution in [1.82, 2.24) is 19.5 Å². The first kappa shape index (κ1) is 26.6. The summed E-state index contributed by atoms with van der Waals surface area (Å²) in [5.41, 5.74) is 9.98. The first-order valence-corrected chi connectivity index (χ1v) is 12.9. The topological polar surface area (TPSA) is 133 Å². The van der Waals surface area contributed by atoms with Crippen molar-refractivity contribution in [2.45, 2.75) is 32.4 Å². The van der Waals surface area contributed by atoms with E-state index in [9.17, 15) is 14.4 Å². The molecule has 0 fully saturated rings. The van der Waals surface area contributed by atoms with Crippen molar-refractivity contribution in [2.24, 2.45) is 5.73 Å². The minimum atomic E-state index is -0.851. The maximum atomic E-state index is 13.4. The Morgan fingerprint density at radius 2 is 1.60 bits per heavy atom. The van der Waals surface area contributed by atoms with Gasteiger partial charge in [0.15, 0.2) is 11.6 Å². The number of carbonyl (C=O) groups is 3. The Hall–Kier alpha value is -5.02. The van der Waals surface area contributed by atoms with Gasteiger partial charge < -0.3 is 15.6 Å². The minimum absolute atomic E-state index is 0.0718. The van der Waals surface area contributed by atoms with Crippen molar-refractivity contribution in [3.8, 4) is 0 Å². The molecule has 0 aliphatic heterocycles. The van der Waals surface area contributed by atoms with Crippen molar-refractivity contribution in [3.63, 3.8) is 0 Å². The largest absolute Gasteiger partial charge is 0.329 e. The van der Waals surface area contributed by atoms with Gasteiger partial charge in [-0.2, -0.15) is 0 Å². The van der Waals surface area contributed by atoms with E-state index in [0.29, 0.717) is 39.0 Å². The molecular formula is C31H28N6O3. The number of benzene rings is 2. The van der Waals surface area contributed by atoms with Gasteiger partial charge in [0.25, 0.3) is 0 Å². The zero-order valence-corrected chi connectivity index (χ0v) is 22.1. The summed E-state index contributed by atoms with van der Waals surface area (Å²) in [6.45, 7) is 4.02. The van der Waals surface area contributed by atoms with Crippen LogP contribution in [0.1, 0.15) is 57.3 Å². The average molecular weight is 533 g/mol. The number of fused-ring (bicyclic) bond motifs is 1. The van der Waals surface area contributed by atoms with Gasteiger partial charge in [0.1, 0.15) is 12.0 Å². The summed E-state index contributed by atoms with van der Waals surface area (Å²) in [6.07, 6.45) is 8.04. The second kappa shape index (κ2) is 11.4. The van der Waals surface area contributed by atoms with Gasteiger partial charge in [-0.3, -0.25) is 19.4 Å². The van der Waals surface area contributed by atoms with Crippen molar-refractivity contribution < 1.29 is 14.4 Å². The predicted molar refractivity (Wildman–Crippen MR) is 152 cm³/mol. The lowest BCUT2D eigenvalue weighted by Gasteiger charge is -2.13. The van der Waals surface area contributed by atoms with Crippen LogP contribution in [0.5, 0.6) is 0 Å². The lowest BCUT2D eigenvalue weighted by Crippen LogP contribution is -2.37. The number of amides is 1. The SMILES string of the molecule is CC(C)n1cc(C(=O)c2cncc(NC(=O)C(N)Cc3ccc(C(=O)c4ccccc4)cc3)c2)c2cncnc21. The van der Waals surface area contributed by atoms with Crippen molar-refractivity contribution in [1.29, 1.82) is 0 Å². The van der Waals surface area contributed by atoms with E-state index in [1.165, 1.54) is 18.7 Å². The number of aromatic nitrogens is 4. The highest BCUT2D eigenvalue weighted by atomic mass is 16.2. The molecule has 0 saturated carbocycles. The molecule has 40 heavy (non-hydrogen) atoms. The highest BCUT2D eigenvalue weighted by Crippen LogP contribution is 2.25. The number of ketones is 2. The highest BCUT2D eigenvalue weighted by molar-refractivity contribution is 6.16. The van der Waals surface area contributed by atoms with Gasteiger partial charge in [0, 0.05) is 46.7 Å². The van der Waals surface area contributed by atoms with Crippen LogP contribution in [0, 0.1) is 0 Å². The number of hydrogen-bond donors (Lipinski definition) is 2. The molecule has 0 aliphatic carbocycles. The molecule has 0 aliphatic rings. The van der Waals surface area contributed by atoms with Gasteiger partial charge in [0.2, 0.25) is 5.91 Å². The monoisotopic (exact) mass is 532 g/mol. The third-order valence-electron chi connectivity index (χ3n) is 6.61. The number of hydrogen-bond acceptors (Lipinski definition) is 7. The van der Waals surface area contributed by atoms with Gasteiger partial charge in [-0.1, -0.05) is 54.6 Å². The third-order valence-corrected chi connectivity index (χ3v) is 6.61. The quantitative estimate of drug-likeness (QED) is 0.269. The van der Waals surface area contributed by atoms with E-state index >= 15 is 0 Å². The Morgan fingerprint density at radius 1 is 0.875 bits per heavy atom. The number of anilines is 1. The van der Waals surface area contributed by atoms with E-state index in [-0.39, 0.29) is 24.0 Å². The van der Waals surface area contributed by atoms with Crippen LogP contribution in [0.25, 0.3) is 11.0 Å². The highest BCUT2D eigenvalue weighted by Gasteiger charge is 2.21. The van der Waals surface area contributed by atoms with Gasteiger partial charge in [-0.25, -0.2) is 9.97 Å². The molecule has 3 N–H and O–H groups in total. The van der Waals surface area contributed by atoms with E-state index in [2.05, 4.69) is 20.3 Å². The minimum Gasteiger partial charge on any atom is -0.329 e. The normalized spacial score (nSPS) is 11.9. The van der Waals surface area contributed by atoms with Crippen LogP contribution < -0.4 is 11.1 Å². The summed E-state index contributed by atoms with van der Waals surface area (Å²) >= 11 is 0. The standard InChI is InChI=1S/C31H28N6O3/c1-19(2)37-17-26(25-16-34-18-35-30(25)37)29(39)23-13-24(15-33-14-23)36-31(40)27(32)12-20-8-10-22(11-9-20)28(38)21-6-4-3-5-7-21/h3-11,13-19,27H,12,32H2,1-2H3,(H,36,40). The number of nitrogens with two attached hydrogens (primary N) is 1. The van der Waals surface area contributed by atoms with Gasteiger partial charge in [-0.05, 0) is 31.9 Å². The molecule has 0 radical (unpaired) electrons. The first-order chi connectivity index (χ1) is 19.3. The Balaban J connectivity index is 1.26. The van der Waals surface area contributed by atoms with Crippen LogP contribution in [0.2, 0.25) is 0 Å². The zero-order valence-electron chi connectivity index (χ0n) is 22.1. The fourth-order valence-electron chi connectivity index (χ4n) is 4.48. The van der Waals surface area contributed by atoms with Gasteiger partial charge in [0.05, 0.1) is 23.5 Å². The van der Waals surface area contributed by atoms with Crippen molar-refractivity contribution >= 4 is 34.2 Å². The van der Waals surface area contributed by atoms with Crippen LogP contribution in [0.15, 0.2) is 91.8 Å². The second-order valence-electron chi connectivity index (χ2n) is 9.79. The van der Waals surface area contributed by atoms with E-state index in [1.807, 2.05) is 36.6 Å². The Kier molecular flexibility index (Phi) is 7.56. The lowest BCUT2D eigenvalue weighted by molar-refractivity contribution is -0.117. The van der Waals surface area contributed by atoms with Crippen LogP contribution in [0.4, 0.5) is 5.69 Å². The molecule has 0 spiro atoms. The molecule has 3 aromatic heterocycles.